The Morgan fingerprint density at radius 3 is 2.44 bits per heavy atom. The molecule has 3 aromatic rings. The molecule has 0 saturated carbocycles. The number of amides is 1. The van der Waals surface area contributed by atoms with Crippen LogP contribution < -0.4 is 14.8 Å². The van der Waals surface area contributed by atoms with Gasteiger partial charge in [0.25, 0.3) is 5.91 Å². The number of hydrogen-bond donors (Lipinski definition) is 2. The average Bonchev–Trinajstić information content (AvgIpc) is 3.18. The van der Waals surface area contributed by atoms with Crippen molar-refractivity contribution >= 4 is 11.9 Å². The lowest BCUT2D eigenvalue weighted by atomic mass is 10.0. The van der Waals surface area contributed by atoms with Gasteiger partial charge in [-0.05, 0) is 36.1 Å². The zero-order valence-corrected chi connectivity index (χ0v) is 19.9. The molecule has 2 N–H and O–H groups in total. The molecule has 8 nitrogen and oxygen atoms in total. The van der Waals surface area contributed by atoms with Crippen LogP contribution in [0.1, 0.15) is 42.7 Å². The van der Waals surface area contributed by atoms with E-state index in [1.165, 1.54) is 4.68 Å². The highest BCUT2D eigenvalue weighted by Crippen LogP contribution is 2.38. The van der Waals surface area contributed by atoms with Gasteiger partial charge in [-0.1, -0.05) is 50.2 Å². The summed E-state index contributed by atoms with van der Waals surface area (Å²) in [6, 6.07) is 16.5. The average molecular weight is 466 g/mol. The normalized spacial score (nSPS) is 11.8. The highest BCUT2D eigenvalue weighted by atomic mass is 16.5. The number of nitrogens with one attached hydrogen (secondary N) is 1. The number of methoxy groups -OCH3 is 1. The number of benzene rings is 2. The molecule has 0 saturated heterocycles. The van der Waals surface area contributed by atoms with Crippen molar-refractivity contribution in [3.8, 4) is 22.8 Å². The molecule has 1 atom stereocenters. The van der Waals surface area contributed by atoms with Gasteiger partial charge >= 0.3 is 5.97 Å². The van der Waals surface area contributed by atoms with Gasteiger partial charge in [-0.25, -0.2) is 0 Å². The first-order valence-corrected chi connectivity index (χ1v) is 11.2. The first-order chi connectivity index (χ1) is 16.3. The fourth-order valence-corrected chi connectivity index (χ4v) is 3.82. The maximum atomic E-state index is 13.0. The van der Waals surface area contributed by atoms with Crippen LogP contribution in [-0.2, 0) is 18.4 Å². The van der Waals surface area contributed by atoms with Gasteiger partial charge in [0.2, 0.25) is 0 Å². The van der Waals surface area contributed by atoms with E-state index >= 15 is 0 Å². The van der Waals surface area contributed by atoms with Crippen molar-refractivity contribution in [3.63, 3.8) is 0 Å². The molecular weight excluding hydrogens is 434 g/mol. The van der Waals surface area contributed by atoms with Crippen LogP contribution in [0.15, 0.2) is 54.6 Å². The van der Waals surface area contributed by atoms with Crippen molar-refractivity contribution < 1.29 is 24.2 Å². The Hall–Kier alpha value is -3.81. The third kappa shape index (κ3) is 6.37. The molecule has 0 aliphatic heterocycles. The maximum Gasteiger partial charge on any atom is 0.305 e. The van der Waals surface area contributed by atoms with E-state index < -0.39 is 12.0 Å². The zero-order valence-electron chi connectivity index (χ0n) is 19.9. The van der Waals surface area contributed by atoms with Crippen LogP contribution in [0, 0.1) is 5.92 Å². The van der Waals surface area contributed by atoms with Crippen LogP contribution in [0.5, 0.6) is 11.5 Å². The molecule has 0 spiro atoms. The molecule has 0 bridgehead atoms. The van der Waals surface area contributed by atoms with Gasteiger partial charge in [0.05, 0.1) is 19.1 Å². The van der Waals surface area contributed by atoms with E-state index in [0.29, 0.717) is 41.5 Å². The minimum Gasteiger partial charge on any atom is -0.496 e. The zero-order chi connectivity index (χ0) is 24.7. The number of rotatable bonds is 11. The van der Waals surface area contributed by atoms with Crippen molar-refractivity contribution in [2.45, 2.75) is 39.3 Å². The van der Waals surface area contributed by atoms with Crippen LogP contribution in [0.25, 0.3) is 11.3 Å². The Bertz CT molecular complexity index is 1120. The van der Waals surface area contributed by atoms with Gasteiger partial charge in [-0.3, -0.25) is 14.3 Å². The number of aryl methyl sites for hydroxylation is 1. The summed E-state index contributed by atoms with van der Waals surface area (Å²) in [5.74, 6) is 0.0568. The van der Waals surface area contributed by atoms with Crippen LogP contribution in [0.4, 0.5) is 0 Å². The summed E-state index contributed by atoms with van der Waals surface area (Å²) in [7, 11) is 3.24. The van der Waals surface area contributed by atoms with Crippen LogP contribution in [0.2, 0.25) is 0 Å². The summed E-state index contributed by atoms with van der Waals surface area (Å²) in [5, 5.41) is 16.6. The number of carboxylic acid groups (broad SMARTS) is 1. The molecule has 1 aromatic heterocycles. The predicted octanol–water partition coefficient (Wildman–Crippen LogP) is 4.29. The van der Waals surface area contributed by atoms with Gasteiger partial charge in [0.1, 0.15) is 29.5 Å². The Kier molecular flexibility index (Phi) is 8.29. The number of hydrogen-bond acceptors (Lipinski definition) is 5. The number of ether oxygens (including phenoxy) is 2. The number of carboxylic acids is 1. The molecule has 8 heteroatoms. The fourth-order valence-electron chi connectivity index (χ4n) is 3.82. The van der Waals surface area contributed by atoms with E-state index in [-0.39, 0.29) is 18.2 Å². The predicted molar refractivity (Wildman–Crippen MR) is 129 cm³/mol. The second kappa shape index (κ2) is 11.4. The third-order valence-electron chi connectivity index (χ3n) is 5.33. The Labute approximate surface area is 199 Å². The molecule has 0 aliphatic rings. The molecule has 1 amide bonds. The Morgan fingerprint density at radius 1 is 1.09 bits per heavy atom. The summed E-state index contributed by atoms with van der Waals surface area (Å²) in [5.41, 5.74) is 2.49. The summed E-state index contributed by atoms with van der Waals surface area (Å²) < 4.78 is 13.1. The summed E-state index contributed by atoms with van der Waals surface area (Å²) in [6.45, 7) is 4.34. The van der Waals surface area contributed by atoms with E-state index in [9.17, 15) is 14.7 Å². The SMILES string of the molecule is COc1cccc(OCc2ccccc2)c1-c1cc(C(=O)N[C@H](CC(=O)O)CC(C)C)n(C)n1. The Morgan fingerprint density at radius 2 is 1.79 bits per heavy atom. The number of carbonyl (C=O) groups is 2. The lowest BCUT2D eigenvalue weighted by molar-refractivity contribution is -0.137. The lowest BCUT2D eigenvalue weighted by Gasteiger charge is -2.18. The number of carbonyl (C=O) groups excluding carboxylic acids is 1. The van der Waals surface area contributed by atoms with E-state index in [4.69, 9.17) is 9.47 Å². The molecule has 0 fully saturated rings. The van der Waals surface area contributed by atoms with Gasteiger partial charge in [-0.15, -0.1) is 0 Å². The van der Waals surface area contributed by atoms with E-state index in [1.54, 1.807) is 20.2 Å². The molecule has 2 aromatic carbocycles. The molecule has 0 unspecified atom stereocenters. The lowest BCUT2D eigenvalue weighted by Crippen LogP contribution is -2.38. The highest BCUT2D eigenvalue weighted by Gasteiger charge is 2.23. The minimum atomic E-state index is -0.953. The van der Waals surface area contributed by atoms with Crippen molar-refractivity contribution in [1.82, 2.24) is 15.1 Å². The van der Waals surface area contributed by atoms with Gasteiger partial charge in [-0.2, -0.15) is 5.10 Å². The van der Waals surface area contributed by atoms with Crippen LogP contribution in [-0.4, -0.2) is 39.9 Å². The Balaban J connectivity index is 1.88. The van der Waals surface area contributed by atoms with Crippen LogP contribution >= 0.6 is 0 Å². The molecule has 180 valence electrons. The van der Waals surface area contributed by atoms with E-state index in [0.717, 1.165) is 5.56 Å². The molecule has 0 radical (unpaired) electrons. The fraction of sp³-hybridized carbons (Fsp3) is 0.346. The number of aliphatic carboxylic acids is 1. The molecule has 3 rings (SSSR count). The molecule has 1 heterocycles. The maximum absolute atomic E-state index is 13.0. The summed E-state index contributed by atoms with van der Waals surface area (Å²) in [4.78, 5) is 24.2. The third-order valence-corrected chi connectivity index (χ3v) is 5.33. The van der Waals surface area contributed by atoms with Gasteiger partial charge in [0, 0.05) is 13.1 Å². The quantitative estimate of drug-likeness (QED) is 0.438. The number of nitrogens with zero attached hydrogens (tertiary/aromatic N) is 2. The van der Waals surface area contributed by atoms with Gasteiger partial charge in [0.15, 0.2) is 0 Å². The molecular formula is C26H31N3O5. The van der Waals surface area contributed by atoms with Gasteiger partial charge < -0.3 is 19.9 Å². The topological polar surface area (TPSA) is 103 Å². The van der Waals surface area contributed by atoms with E-state index in [1.807, 2.05) is 62.4 Å². The second-order valence-corrected chi connectivity index (χ2v) is 8.54. The van der Waals surface area contributed by atoms with Crippen molar-refractivity contribution in [3.05, 3.63) is 65.9 Å². The smallest absolute Gasteiger partial charge is 0.305 e. The molecule has 0 aliphatic carbocycles. The van der Waals surface area contributed by atoms with Crippen molar-refractivity contribution in [2.75, 3.05) is 7.11 Å². The second-order valence-electron chi connectivity index (χ2n) is 8.54. The van der Waals surface area contributed by atoms with Crippen molar-refractivity contribution in [1.29, 1.82) is 0 Å². The van der Waals surface area contributed by atoms with Crippen LogP contribution in [0.3, 0.4) is 0 Å². The van der Waals surface area contributed by atoms with E-state index in [2.05, 4.69) is 10.4 Å². The molecule has 34 heavy (non-hydrogen) atoms. The first-order valence-electron chi connectivity index (χ1n) is 11.2. The number of aromatic nitrogens is 2. The summed E-state index contributed by atoms with van der Waals surface area (Å²) in [6.07, 6.45) is 0.422. The minimum absolute atomic E-state index is 0.140. The highest BCUT2D eigenvalue weighted by molar-refractivity contribution is 5.94. The summed E-state index contributed by atoms with van der Waals surface area (Å²) >= 11 is 0. The monoisotopic (exact) mass is 465 g/mol. The van der Waals surface area contributed by atoms with Crippen molar-refractivity contribution in [2.24, 2.45) is 13.0 Å². The standard InChI is InChI=1S/C26H31N3O5/c1-17(2)13-19(14-24(30)31)27-26(32)21-15-20(28-29(21)3)25-22(33-4)11-8-12-23(25)34-16-18-9-6-5-7-10-18/h5-12,15,17,19H,13-14,16H2,1-4H3,(H,27,32)(H,30,31)/t19-/m0/s1. The largest absolute Gasteiger partial charge is 0.496 e. The first kappa shape index (κ1) is 24.8.